The second-order valence-corrected chi connectivity index (χ2v) is 20.3. The van der Waals surface area contributed by atoms with E-state index in [9.17, 15) is 46.7 Å². The molecule has 3 fully saturated rings. The molecular weight excluding hydrogens is 976 g/mol. The van der Waals surface area contributed by atoms with Crippen LogP contribution in [0.5, 0.6) is 0 Å². The van der Waals surface area contributed by atoms with E-state index in [-0.39, 0.29) is 40.9 Å². The van der Waals surface area contributed by atoms with Crippen molar-refractivity contribution in [2.75, 3.05) is 31.1 Å². The number of H-pyrrole nitrogens is 2. The summed E-state index contributed by atoms with van der Waals surface area (Å²) in [6.45, 7) is 5.84. The Morgan fingerprint density at radius 2 is 1.38 bits per heavy atom. The zero-order chi connectivity index (χ0) is 51.8. The third kappa shape index (κ3) is 8.35. The lowest BCUT2D eigenvalue weighted by Crippen LogP contribution is -2.54. The van der Waals surface area contributed by atoms with Gasteiger partial charge in [-0.3, -0.25) is 58.7 Å². The summed E-state index contributed by atoms with van der Waals surface area (Å²) in [7, 11) is 0. The first-order valence-corrected chi connectivity index (χ1v) is 25.2. The Bertz CT molecular complexity index is 3520. The van der Waals surface area contributed by atoms with Crippen LogP contribution >= 0.6 is 11.3 Å². The van der Waals surface area contributed by atoms with E-state index in [1.807, 2.05) is 41.3 Å². The highest BCUT2D eigenvalue weighted by Gasteiger charge is 2.47. The number of nitrogens with zero attached hydrogens (tertiary/aromatic N) is 6. The molecule has 3 aromatic heterocycles. The predicted molar refractivity (Wildman–Crippen MR) is 268 cm³/mol. The van der Waals surface area contributed by atoms with Gasteiger partial charge in [-0.2, -0.15) is 13.2 Å². The summed E-state index contributed by atoms with van der Waals surface area (Å²) in [6, 6.07) is 25.0. The molecule has 3 saturated heterocycles. The average Bonchev–Trinajstić information content (AvgIpc) is 4.15. The first-order chi connectivity index (χ1) is 35.5. The Morgan fingerprint density at radius 3 is 2.03 bits per heavy atom. The number of aromatic amines is 2. The fourth-order valence-corrected chi connectivity index (χ4v) is 12.1. The number of carbonyl (C=O) groups is 5. The monoisotopic (exact) mass is 1020 g/mol. The molecule has 7 heterocycles. The highest BCUT2D eigenvalue weighted by molar-refractivity contribution is 7.12. The molecule has 0 radical (unpaired) electrons. The summed E-state index contributed by atoms with van der Waals surface area (Å²) in [5.74, 6) is -3.23. The SMILES string of the molecule is Cc1c(C(c2ccc(C(=O)N3CCC4(CC3)CCN(c3cccc5c3C(=O)N(C3CCC(=O)NC3=O)C5=O)CC4)cc2)c2c(C)n(-c3nc(-c4ccc(C(F)(F)F)cc4)cs3)[nH]c2=O)c(=O)[nH]n1-c1ccccc1. The van der Waals surface area contributed by atoms with E-state index in [4.69, 9.17) is 0 Å². The molecule has 0 bridgehead atoms. The minimum atomic E-state index is -4.49. The molecule has 11 rings (SSSR count). The fourth-order valence-electron chi connectivity index (χ4n) is 11.2. The maximum Gasteiger partial charge on any atom is 0.416 e. The van der Waals surface area contributed by atoms with Crippen LogP contribution in [0, 0.1) is 19.3 Å². The van der Waals surface area contributed by atoms with Crippen LogP contribution in [0.25, 0.3) is 22.1 Å². The second-order valence-electron chi connectivity index (χ2n) is 19.5. The summed E-state index contributed by atoms with van der Waals surface area (Å²) < 4.78 is 43.1. The predicted octanol–water partition coefficient (Wildman–Crippen LogP) is 7.51. The van der Waals surface area contributed by atoms with Crippen LogP contribution < -0.4 is 21.3 Å². The zero-order valence-corrected chi connectivity index (χ0v) is 40.9. The number of para-hydroxylation sites is 1. The Morgan fingerprint density at radius 1 is 0.743 bits per heavy atom. The van der Waals surface area contributed by atoms with Gasteiger partial charge in [0.25, 0.3) is 28.8 Å². The number of benzene rings is 4. The van der Waals surface area contributed by atoms with Crippen molar-refractivity contribution in [3.8, 4) is 22.1 Å². The Balaban J connectivity index is 0.814. The lowest BCUT2D eigenvalue weighted by atomic mass is 9.71. The lowest BCUT2D eigenvalue weighted by molar-refractivity contribution is -0.138. The van der Waals surface area contributed by atoms with Gasteiger partial charge in [-0.25, -0.2) is 9.67 Å². The van der Waals surface area contributed by atoms with Gasteiger partial charge in [-0.05, 0) is 105 Å². The van der Waals surface area contributed by atoms with Crippen LogP contribution in [0.4, 0.5) is 18.9 Å². The standard InChI is InChI=1S/C54H48F3N9O7S/c1-30-42(47(69)60-65(30)36-7-4-3-5-8-36)44(43-31(2)66(61-48(43)70)52-58-38(29-74-52)32-15-17-35(18-16-32)54(55,56)57)33-11-13-34(14-12-33)49(71)63-27-23-53(24-28-63)21-25-62(26-22-53)39-10-6-9-37-45(39)51(73)64(50(37)72)40-19-20-41(67)59-46(40)68/h3-18,29,40,44H,19-28H2,1-2H3,(H,60,69)(H,61,70)(H,59,67,68). The number of rotatable bonds is 9. The smallest absolute Gasteiger partial charge is 0.371 e. The molecule has 16 nitrogen and oxygen atoms in total. The molecule has 74 heavy (non-hydrogen) atoms. The van der Waals surface area contributed by atoms with Crippen LogP contribution in [-0.2, 0) is 15.8 Å². The van der Waals surface area contributed by atoms with Gasteiger partial charge in [-0.15, -0.1) is 11.3 Å². The maximum atomic E-state index is 14.2. The third-order valence-electron chi connectivity index (χ3n) is 15.4. The van der Waals surface area contributed by atoms with Crippen molar-refractivity contribution in [1.29, 1.82) is 0 Å². The Kier molecular flexibility index (Phi) is 12.0. The van der Waals surface area contributed by atoms with Crippen molar-refractivity contribution in [3.05, 3.63) is 173 Å². The number of hydrogen-bond donors (Lipinski definition) is 3. The highest BCUT2D eigenvalue weighted by Crippen LogP contribution is 2.44. The first kappa shape index (κ1) is 48.2. The minimum Gasteiger partial charge on any atom is -0.371 e. The molecule has 378 valence electrons. The molecule has 2 unspecified atom stereocenters. The fraction of sp³-hybridized carbons (Fsp3) is 0.296. The van der Waals surface area contributed by atoms with Crippen molar-refractivity contribution < 1.29 is 37.1 Å². The molecule has 1 spiro atoms. The number of likely N-dealkylation sites (tertiary alicyclic amines) is 1. The molecule has 2 atom stereocenters. The molecule has 3 N–H and O–H groups in total. The largest absolute Gasteiger partial charge is 0.416 e. The first-order valence-electron chi connectivity index (χ1n) is 24.3. The lowest BCUT2D eigenvalue weighted by Gasteiger charge is -2.47. The molecule has 0 saturated carbocycles. The molecule has 0 aliphatic carbocycles. The number of imide groups is 2. The van der Waals surface area contributed by atoms with Gasteiger partial charge in [0, 0.05) is 66.4 Å². The summed E-state index contributed by atoms with van der Waals surface area (Å²) in [4.78, 5) is 104. The van der Waals surface area contributed by atoms with Crippen LogP contribution in [0.2, 0.25) is 0 Å². The number of fused-ring (bicyclic) bond motifs is 1. The van der Waals surface area contributed by atoms with Crippen molar-refractivity contribution in [2.24, 2.45) is 5.41 Å². The van der Waals surface area contributed by atoms with E-state index < -0.39 is 58.4 Å². The average molecular weight is 1020 g/mol. The van der Waals surface area contributed by atoms with E-state index in [2.05, 4.69) is 25.4 Å². The Labute approximate surface area is 424 Å². The van der Waals surface area contributed by atoms with Crippen LogP contribution in [0.15, 0.2) is 112 Å². The molecule has 5 amide bonds. The number of carbonyl (C=O) groups excluding carboxylic acids is 5. The summed E-state index contributed by atoms with van der Waals surface area (Å²) >= 11 is 1.19. The minimum absolute atomic E-state index is 0.0360. The molecular formula is C54H48F3N9O7S. The van der Waals surface area contributed by atoms with Crippen molar-refractivity contribution >= 4 is 46.6 Å². The number of thiazole rings is 1. The third-order valence-corrected chi connectivity index (χ3v) is 16.2. The number of hydrogen-bond acceptors (Lipinski definition) is 10. The van der Waals surface area contributed by atoms with Crippen LogP contribution in [0.1, 0.15) is 109 Å². The van der Waals surface area contributed by atoms with Crippen LogP contribution in [0.3, 0.4) is 0 Å². The van der Waals surface area contributed by atoms with Gasteiger partial charge in [0.05, 0.1) is 44.9 Å². The number of amides is 5. The summed E-state index contributed by atoms with van der Waals surface area (Å²) in [5, 5.41) is 10.1. The van der Waals surface area contributed by atoms with E-state index in [1.165, 1.54) is 28.2 Å². The quantitative estimate of drug-likeness (QED) is 0.123. The van der Waals surface area contributed by atoms with Crippen molar-refractivity contribution in [2.45, 2.75) is 70.5 Å². The van der Waals surface area contributed by atoms with Gasteiger partial charge in [0.15, 0.2) is 0 Å². The van der Waals surface area contributed by atoms with E-state index >= 15 is 0 Å². The number of anilines is 1. The van der Waals surface area contributed by atoms with Crippen LogP contribution in [-0.4, -0.2) is 96.1 Å². The second kappa shape index (κ2) is 18.4. The van der Waals surface area contributed by atoms with Gasteiger partial charge in [0.1, 0.15) is 6.04 Å². The van der Waals surface area contributed by atoms with E-state index in [0.717, 1.165) is 42.7 Å². The number of aromatic nitrogens is 5. The normalized spacial score (nSPS) is 18.3. The summed E-state index contributed by atoms with van der Waals surface area (Å²) in [5.41, 5.74) is 3.67. The molecule has 4 aliphatic rings. The molecule has 20 heteroatoms. The topological polar surface area (TPSA) is 196 Å². The van der Waals surface area contributed by atoms with Gasteiger partial charge in [0.2, 0.25) is 16.9 Å². The highest BCUT2D eigenvalue weighted by atomic mass is 32.1. The molecule has 4 aromatic carbocycles. The van der Waals surface area contributed by atoms with Gasteiger partial charge in [-0.1, -0.05) is 48.5 Å². The van der Waals surface area contributed by atoms with Gasteiger partial charge < -0.3 is 9.80 Å². The van der Waals surface area contributed by atoms with E-state index in [1.54, 1.807) is 60.3 Å². The van der Waals surface area contributed by atoms with E-state index in [0.29, 0.717) is 82.0 Å². The molecule has 4 aliphatic heterocycles. The number of piperidine rings is 3. The number of nitrogens with one attached hydrogen (secondary N) is 3. The number of halogens is 3. The van der Waals surface area contributed by atoms with Crippen molar-refractivity contribution in [3.63, 3.8) is 0 Å². The maximum absolute atomic E-state index is 14.2. The Hall–Kier alpha value is -8.13. The summed E-state index contributed by atoms with van der Waals surface area (Å²) in [6.07, 6.45) is -1.23. The van der Waals surface area contributed by atoms with Gasteiger partial charge >= 0.3 is 6.18 Å². The molecule has 7 aromatic rings. The number of alkyl halides is 3. The zero-order valence-electron chi connectivity index (χ0n) is 40.1. The van der Waals surface area contributed by atoms with Crippen molar-refractivity contribution in [1.82, 2.24) is 39.7 Å².